The van der Waals surface area contributed by atoms with Crippen molar-refractivity contribution in [2.45, 2.75) is 24.1 Å². The minimum atomic E-state index is -3.49. The van der Waals surface area contributed by atoms with Crippen molar-refractivity contribution in [1.29, 1.82) is 0 Å². The standard InChI is InChI=1S/C15H19ClN4O3S3/c1-10-11(16)6-4-7-12(10)20(26(3,22)23)9-5-8-13(21)17-14-18-19-15(24-2)25-14/h4,6-7H,5,8-9H2,1-3H3,(H,17,18,21). The molecule has 1 aromatic heterocycles. The third kappa shape index (κ3) is 5.57. The first-order valence-corrected chi connectivity index (χ1v) is 11.9. The average Bonchev–Trinajstić information content (AvgIpc) is 3.01. The molecule has 0 saturated heterocycles. The van der Waals surface area contributed by atoms with Crippen molar-refractivity contribution in [3.63, 3.8) is 0 Å². The monoisotopic (exact) mass is 434 g/mol. The van der Waals surface area contributed by atoms with Gasteiger partial charge in [0.05, 0.1) is 11.9 Å². The summed E-state index contributed by atoms with van der Waals surface area (Å²) in [6, 6.07) is 5.11. The average molecular weight is 435 g/mol. The minimum absolute atomic E-state index is 0.166. The van der Waals surface area contributed by atoms with Crippen LogP contribution in [0.1, 0.15) is 18.4 Å². The molecular formula is C15H19ClN4O3S3. The lowest BCUT2D eigenvalue weighted by Crippen LogP contribution is -2.32. The Kier molecular flexibility index (Phi) is 7.27. The van der Waals surface area contributed by atoms with Crippen molar-refractivity contribution < 1.29 is 13.2 Å². The Balaban J connectivity index is 1.99. The van der Waals surface area contributed by atoms with E-state index < -0.39 is 10.0 Å². The summed E-state index contributed by atoms with van der Waals surface area (Å²) in [5.74, 6) is -0.231. The predicted octanol–water partition coefficient (Wildman–Crippen LogP) is 3.41. The SMILES string of the molecule is CSc1nnc(NC(=O)CCCN(c2cccc(Cl)c2C)S(C)(=O)=O)s1. The van der Waals surface area contributed by atoms with Crippen LogP contribution in [0.5, 0.6) is 0 Å². The van der Waals surface area contributed by atoms with Crippen molar-refractivity contribution in [2.24, 2.45) is 0 Å². The van der Waals surface area contributed by atoms with Crippen LogP contribution in [-0.4, -0.2) is 43.6 Å². The fourth-order valence-corrected chi connectivity index (χ4v) is 4.61. The van der Waals surface area contributed by atoms with Gasteiger partial charge in [0, 0.05) is 18.0 Å². The molecule has 0 unspecified atom stereocenters. The van der Waals surface area contributed by atoms with Gasteiger partial charge < -0.3 is 5.32 Å². The quantitative estimate of drug-likeness (QED) is 0.505. The third-order valence-corrected chi connectivity index (χ3v) is 6.90. The molecule has 2 aromatic rings. The van der Waals surface area contributed by atoms with Crippen LogP contribution in [0.25, 0.3) is 0 Å². The molecule has 0 spiro atoms. The molecule has 11 heteroatoms. The highest BCUT2D eigenvalue weighted by Gasteiger charge is 2.20. The lowest BCUT2D eigenvalue weighted by atomic mass is 10.2. The van der Waals surface area contributed by atoms with E-state index >= 15 is 0 Å². The minimum Gasteiger partial charge on any atom is -0.301 e. The highest BCUT2D eigenvalue weighted by atomic mass is 35.5. The van der Waals surface area contributed by atoms with Gasteiger partial charge in [0.15, 0.2) is 4.34 Å². The van der Waals surface area contributed by atoms with Crippen LogP contribution >= 0.6 is 34.7 Å². The van der Waals surface area contributed by atoms with Crippen LogP contribution in [-0.2, 0) is 14.8 Å². The summed E-state index contributed by atoms with van der Waals surface area (Å²) in [6.07, 6.45) is 3.54. The second-order valence-corrected chi connectivity index (χ2v) is 9.79. The van der Waals surface area contributed by atoms with Gasteiger partial charge in [-0.15, -0.1) is 10.2 Å². The molecule has 0 aliphatic rings. The van der Waals surface area contributed by atoms with Gasteiger partial charge in [-0.3, -0.25) is 9.10 Å². The second kappa shape index (κ2) is 9.03. The summed E-state index contributed by atoms with van der Waals surface area (Å²) in [4.78, 5) is 12.0. The van der Waals surface area contributed by atoms with Crippen molar-refractivity contribution in [1.82, 2.24) is 10.2 Å². The summed E-state index contributed by atoms with van der Waals surface area (Å²) >= 11 is 8.84. The van der Waals surface area contributed by atoms with Gasteiger partial charge in [-0.1, -0.05) is 40.8 Å². The van der Waals surface area contributed by atoms with E-state index in [0.29, 0.717) is 27.8 Å². The van der Waals surface area contributed by atoms with Gasteiger partial charge in [-0.05, 0) is 37.3 Å². The molecule has 1 aromatic carbocycles. The van der Waals surface area contributed by atoms with Crippen LogP contribution in [0.15, 0.2) is 22.5 Å². The van der Waals surface area contributed by atoms with E-state index in [1.165, 1.54) is 27.4 Å². The molecule has 0 fully saturated rings. The maximum absolute atomic E-state index is 12.2. The molecule has 142 valence electrons. The zero-order valence-electron chi connectivity index (χ0n) is 14.5. The molecule has 0 atom stereocenters. The molecule has 1 N–H and O–H groups in total. The maximum atomic E-state index is 12.2. The molecule has 0 aliphatic heterocycles. The molecule has 0 aliphatic carbocycles. The Labute approximate surface area is 166 Å². The topological polar surface area (TPSA) is 92.3 Å². The van der Waals surface area contributed by atoms with Crippen LogP contribution in [0.2, 0.25) is 5.02 Å². The van der Waals surface area contributed by atoms with Gasteiger partial charge in [0.25, 0.3) is 0 Å². The van der Waals surface area contributed by atoms with Gasteiger partial charge in [-0.2, -0.15) is 0 Å². The highest BCUT2D eigenvalue weighted by Crippen LogP contribution is 2.28. The summed E-state index contributed by atoms with van der Waals surface area (Å²) in [7, 11) is -3.49. The van der Waals surface area contributed by atoms with E-state index in [1.807, 2.05) is 6.26 Å². The third-order valence-electron chi connectivity index (χ3n) is 3.50. The van der Waals surface area contributed by atoms with E-state index in [4.69, 9.17) is 11.6 Å². The Morgan fingerprint density at radius 2 is 2.12 bits per heavy atom. The lowest BCUT2D eigenvalue weighted by molar-refractivity contribution is -0.116. The number of nitrogens with one attached hydrogen (secondary N) is 1. The number of hydrogen-bond donors (Lipinski definition) is 1. The van der Waals surface area contributed by atoms with Crippen molar-refractivity contribution >= 4 is 61.4 Å². The molecule has 0 bridgehead atoms. The van der Waals surface area contributed by atoms with Crippen LogP contribution in [0, 0.1) is 6.92 Å². The first-order chi connectivity index (χ1) is 12.2. The molecule has 1 heterocycles. The normalized spacial score (nSPS) is 11.4. The fourth-order valence-electron chi connectivity index (χ4n) is 2.24. The Morgan fingerprint density at radius 1 is 1.38 bits per heavy atom. The first-order valence-electron chi connectivity index (χ1n) is 7.62. The maximum Gasteiger partial charge on any atom is 0.232 e. The Hall–Kier alpha value is -1.36. The van der Waals surface area contributed by atoms with Crippen molar-refractivity contribution in [3.05, 3.63) is 28.8 Å². The number of rotatable bonds is 8. The Morgan fingerprint density at radius 3 is 2.73 bits per heavy atom. The Bertz CT molecular complexity index is 886. The number of aromatic nitrogens is 2. The summed E-state index contributed by atoms with van der Waals surface area (Å²) < 4.78 is 26.4. The number of sulfonamides is 1. The van der Waals surface area contributed by atoms with Gasteiger partial charge in [0.2, 0.25) is 21.1 Å². The zero-order valence-corrected chi connectivity index (χ0v) is 17.7. The molecule has 2 rings (SSSR count). The highest BCUT2D eigenvalue weighted by molar-refractivity contribution is 8.00. The molecular weight excluding hydrogens is 416 g/mol. The molecule has 26 heavy (non-hydrogen) atoms. The van der Waals surface area contributed by atoms with E-state index in [-0.39, 0.29) is 18.9 Å². The number of nitrogens with zero attached hydrogens (tertiary/aromatic N) is 3. The van der Waals surface area contributed by atoms with Crippen molar-refractivity contribution in [2.75, 3.05) is 28.7 Å². The van der Waals surface area contributed by atoms with Crippen LogP contribution in [0.3, 0.4) is 0 Å². The first kappa shape index (κ1) is 20.9. The van der Waals surface area contributed by atoms with Gasteiger partial charge in [-0.25, -0.2) is 8.42 Å². The van der Waals surface area contributed by atoms with Gasteiger partial charge in [0.1, 0.15) is 0 Å². The summed E-state index contributed by atoms with van der Waals surface area (Å²) in [5.41, 5.74) is 1.21. The number of amides is 1. The predicted molar refractivity (Wildman–Crippen MR) is 108 cm³/mol. The summed E-state index contributed by atoms with van der Waals surface area (Å²) in [5, 5.41) is 11.4. The van der Waals surface area contributed by atoms with E-state index in [2.05, 4.69) is 15.5 Å². The lowest BCUT2D eigenvalue weighted by Gasteiger charge is -2.24. The molecule has 7 nitrogen and oxygen atoms in total. The summed E-state index contributed by atoms with van der Waals surface area (Å²) in [6.45, 7) is 1.95. The van der Waals surface area contributed by atoms with E-state index in [1.54, 1.807) is 25.1 Å². The van der Waals surface area contributed by atoms with Crippen LogP contribution in [0.4, 0.5) is 10.8 Å². The van der Waals surface area contributed by atoms with Crippen molar-refractivity contribution in [3.8, 4) is 0 Å². The molecule has 0 radical (unpaired) electrons. The largest absolute Gasteiger partial charge is 0.301 e. The number of hydrogen-bond acceptors (Lipinski definition) is 7. The fraction of sp³-hybridized carbons (Fsp3) is 0.400. The number of halogens is 1. The molecule has 1 amide bonds. The number of anilines is 2. The van der Waals surface area contributed by atoms with E-state index in [9.17, 15) is 13.2 Å². The van der Waals surface area contributed by atoms with Crippen LogP contribution < -0.4 is 9.62 Å². The number of thioether (sulfide) groups is 1. The smallest absolute Gasteiger partial charge is 0.232 e. The molecule has 0 saturated carbocycles. The van der Waals surface area contributed by atoms with Gasteiger partial charge >= 0.3 is 0 Å². The zero-order chi connectivity index (χ0) is 19.3. The second-order valence-electron chi connectivity index (χ2n) is 5.45. The number of carbonyl (C=O) groups excluding carboxylic acids is 1. The number of carbonyl (C=O) groups is 1. The number of benzene rings is 1. The van der Waals surface area contributed by atoms with E-state index in [0.717, 1.165) is 10.6 Å².